The van der Waals surface area contributed by atoms with Crippen LogP contribution in [0.4, 0.5) is 0 Å². The summed E-state index contributed by atoms with van der Waals surface area (Å²) in [7, 11) is -2.52. The number of carbonyl (C=O) groups is 1. The second-order valence-corrected chi connectivity index (χ2v) is 8.56. The lowest BCUT2D eigenvalue weighted by atomic mass is 10.4. The number of nitrogens with one attached hydrogen (secondary N) is 1. The van der Waals surface area contributed by atoms with Crippen molar-refractivity contribution in [3.8, 4) is 0 Å². The average molecular weight is 392 g/mol. The molecule has 0 saturated carbocycles. The van der Waals surface area contributed by atoms with Gasteiger partial charge in [0.05, 0.1) is 7.11 Å². The van der Waals surface area contributed by atoms with Gasteiger partial charge < -0.3 is 4.74 Å². The first-order valence-electron chi connectivity index (χ1n) is 6.48. The molecule has 2 rings (SSSR count). The van der Waals surface area contributed by atoms with Crippen molar-refractivity contribution in [2.24, 2.45) is 0 Å². The van der Waals surface area contributed by atoms with Crippen molar-refractivity contribution in [1.29, 1.82) is 0 Å². The summed E-state index contributed by atoms with van der Waals surface area (Å²) in [6.07, 6.45) is 0. The first-order valence-corrected chi connectivity index (χ1v) is 10.2. The summed E-state index contributed by atoms with van der Waals surface area (Å²) in [4.78, 5) is 12.6. The molecule has 0 amide bonds. The van der Waals surface area contributed by atoms with Crippen LogP contribution < -0.4 is 4.72 Å². The number of hydrogen-bond acceptors (Lipinski definition) is 6. The van der Waals surface area contributed by atoms with Crippen LogP contribution >= 0.6 is 34.7 Å². The van der Waals surface area contributed by atoms with Gasteiger partial charge in [-0.1, -0.05) is 11.6 Å². The molecule has 0 aliphatic rings. The third-order valence-corrected chi connectivity index (χ3v) is 6.56. The van der Waals surface area contributed by atoms with Crippen molar-refractivity contribution in [3.05, 3.63) is 45.6 Å². The highest BCUT2D eigenvalue weighted by Crippen LogP contribution is 2.23. The smallest absolute Gasteiger partial charge is 0.349 e. The van der Waals surface area contributed by atoms with Crippen LogP contribution in [0.1, 0.15) is 9.67 Å². The predicted octanol–water partition coefficient (Wildman–Crippen LogP) is 3.26. The van der Waals surface area contributed by atoms with E-state index in [0.717, 1.165) is 16.2 Å². The topological polar surface area (TPSA) is 72.5 Å². The van der Waals surface area contributed by atoms with E-state index in [1.165, 1.54) is 24.9 Å². The Balaban J connectivity index is 1.93. The minimum absolute atomic E-state index is 0.0501. The molecule has 23 heavy (non-hydrogen) atoms. The first-order chi connectivity index (χ1) is 10.9. The Morgan fingerprint density at radius 3 is 2.65 bits per heavy atom. The van der Waals surface area contributed by atoms with Gasteiger partial charge in [-0.15, -0.1) is 23.1 Å². The molecule has 2 aromatic rings. The van der Waals surface area contributed by atoms with Crippen LogP contribution in [0.5, 0.6) is 0 Å². The van der Waals surface area contributed by atoms with E-state index < -0.39 is 16.0 Å². The fraction of sp³-hybridized carbons (Fsp3) is 0.214. The number of benzene rings is 1. The molecular weight excluding hydrogens is 378 g/mol. The zero-order valence-electron chi connectivity index (χ0n) is 12.1. The third-order valence-electron chi connectivity index (χ3n) is 2.77. The lowest BCUT2D eigenvalue weighted by molar-refractivity contribution is 0.0602. The summed E-state index contributed by atoms with van der Waals surface area (Å²) in [6.45, 7) is 0.242. The van der Waals surface area contributed by atoms with Crippen LogP contribution in [-0.4, -0.2) is 33.8 Å². The lowest BCUT2D eigenvalue weighted by Crippen LogP contribution is -2.27. The van der Waals surface area contributed by atoms with Crippen molar-refractivity contribution in [3.63, 3.8) is 0 Å². The van der Waals surface area contributed by atoms with Crippen LogP contribution in [0.15, 0.2) is 45.5 Å². The largest absolute Gasteiger partial charge is 0.465 e. The van der Waals surface area contributed by atoms with E-state index in [1.54, 1.807) is 17.5 Å². The predicted molar refractivity (Wildman–Crippen MR) is 93.0 cm³/mol. The summed E-state index contributed by atoms with van der Waals surface area (Å²) in [5.41, 5.74) is 0. The number of carbonyl (C=O) groups excluding carboxylic acids is 1. The molecule has 0 spiro atoms. The van der Waals surface area contributed by atoms with Crippen molar-refractivity contribution < 1.29 is 17.9 Å². The molecule has 0 bridgehead atoms. The normalized spacial score (nSPS) is 11.4. The van der Waals surface area contributed by atoms with Gasteiger partial charge in [-0.25, -0.2) is 17.9 Å². The molecule has 0 fully saturated rings. The Labute approximate surface area is 148 Å². The van der Waals surface area contributed by atoms with Gasteiger partial charge in [0.25, 0.3) is 0 Å². The SMILES string of the molecule is COC(=O)c1sccc1S(=O)(=O)NCCSc1ccc(Cl)cc1. The molecule has 0 aliphatic carbocycles. The number of halogens is 1. The fourth-order valence-corrected chi connectivity index (χ4v) is 5.09. The Morgan fingerprint density at radius 2 is 2.00 bits per heavy atom. The zero-order chi connectivity index (χ0) is 16.9. The standard InChI is InChI=1S/C14H14ClNO4S3/c1-20-14(17)13-12(6-8-22-13)23(18,19)16-7-9-21-11-4-2-10(15)3-5-11/h2-6,8,16H,7,9H2,1H3. The van der Waals surface area contributed by atoms with Gasteiger partial charge in [0.1, 0.15) is 9.77 Å². The van der Waals surface area contributed by atoms with E-state index in [2.05, 4.69) is 9.46 Å². The number of methoxy groups -OCH3 is 1. The molecule has 1 heterocycles. The number of thioether (sulfide) groups is 1. The Kier molecular flexibility index (Phi) is 6.49. The lowest BCUT2D eigenvalue weighted by Gasteiger charge is -2.07. The second-order valence-electron chi connectivity index (χ2n) is 4.31. The molecule has 0 radical (unpaired) electrons. The monoisotopic (exact) mass is 391 g/mol. The number of ether oxygens (including phenoxy) is 1. The molecule has 1 N–H and O–H groups in total. The van der Waals surface area contributed by atoms with E-state index in [9.17, 15) is 13.2 Å². The van der Waals surface area contributed by atoms with Crippen LogP contribution in [-0.2, 0) is 14.8 Å². The Bertz CT molecular complexity index is 772. The number of thiophene rings is 1. The highest BCUT2D eigenvalue weighted by molar-refractivity contribution is 7.99. The van der Waals surface area contributed by atoms with E-state index >= 15 is 0 Å². The van der Waals surface area contributed by atoms with Crippen molar-refractivity contribution in [2.45, 2.75) is 9.79 Å². The van der Waals surface area contributed by atoms with Gasteiger partial charge >= 0.3 is 5.97 Å². The number of rotatable bonds is 7. The molecule has 5 nitrogen and oxygen atoms in total. The van der Waals surface area contributed by atoms with Crippen molar-refractivity contribution in [2.75, 3.05) is 19.4 Å². The molecule has 1 aromatic heterocycles. The maximum absolute atomic E-state index is 12.3. The second kappa shape index (κ2) is 8.16. The molecular formula is C14H14ClNO4S3. The maximum Gasteiger partial charge on any atom is 0.349 e. The summed E-state index contributed by atoms with van der Waals surface area (Å²) in [6, 6.07) is 8.70. The minimum atomic E-state index is -3.74. The molecule has 0 atom stereocenters. The first kappa shape index (κ1) is 18.3. The van der Waals surface area contributed by atoms with Crippen LogP contribution in [0.2, 0.25) is 5.02 Å². The van der Waals surface area contributed by atoms with Crippen LogP contribution in [0.3, 0.4) is 0 Å². The third kappa shape index (κ3) is 4.95. The zero-order valence-corrected chi connectivity index (χ0v) is 15.3. The summed E-state index contributed by atoms with van der Waals surface area (Å²) < 4.78 is 31.6. The minimum Gasteiger partial charge on any atom is -0.465 e. The van der Waals surface area contributed by atoms with E-state index in [0.29, 0.717) is 10.8 Å². The highest BCUT2D eigenvalue weighted by atomic mass is 35.5. The van der Waals surface area contributed by atoms with E-state index in [-0.39, 0.29) is 16.3 Å². The Hall–Kier alpha value is -1.06. The molecule has 0 unspecified atom stereocenters. The quantitative estimate of drug-likeness (QED) is 0.445. The summed E-state index contributed by atoms with van der Waals surface area (Å²) in [5, 5.41) is 2.20. The Morgan fingerprint density at radius 1 is 1.30 bits per heavy atom. The van der Waals surface area contributed by atoms with Crippen LogP contribution in [0, 0.1) is 0 Å². The molecule has 0 saturated heterocycles. The molecule has 9 heteroatoms. The van der Waals surface area contributed by atoms with Crippen molar-refractivity contribution in [1.82, 2.24) is 4.72 Å². The van der Waals surface area contributed by atoms with Crippen LogP contribution in [0.25, 0.3) is 0 Å². The number of esters is 1. The summed E-state index contributed by atoms with van der Waals surface area (Å²) >= 11 is 8.35. The van der Waals surface area contributed by atoms with Gasteiger partial charge in [-0.05, 0) is 35.7 Å². The summed E-state index contributed by atoms with van der Waals surface area (Å²) in [5.74, 6) is -0.102. The molecule has 1 aromatic carbocycles. The van der Waals surface area contributed by atoms with Gasteiger partial charge in [0, 0.05) is 22.2 Å². The maximum atomic E-state index is 12.3. The molecule has 124 valence electrons. The highest BCUT2D eigenvalue weighted by Gasteiger charge is 2.24. The van der Waals surface area contributed by atoms with E-state index in [1.807, 2.05) is 12.1 Å². The van der Waals surface area contributed by atoms with Gasteiger partial charge in [0.2, 0.25) is 10.0 Å². The van der Waals surface area contributed by atoms with Crippen molar-refractivity contribution >= 4 is 50.7 Å². The van der Waals surface area contributed by atoms with Gasteiger partial charge in [-0.2, -0.15) is 0 Å². The van der Waals surface area contributed by atoms with Gasteiger partial charge in [-0.3, -0.25) is 0 Å². The van der Waals surface area contributed by atoms with Gasteiger partial charge in [0.15, 0.2) is 0 Å². The number of hydrogen-bond donors (Lipinski definition) is 1. The average Bonchev–Trinajstić information content (AvgIpc) is 3.03. The molecule has 0 aliphatic heterocycles. The van der Waals surface area contributed by atoms with E-state index in [4.69, 9.17) is 11.6 Å². The number of sulfonamides is 1. The fourth-order valence-electron chi connectivity index (χ4n) is 1.70.